The average molecular weight is 307 g/mol. The predicted molar refractivity (Wildman–Crippen MR) is 89.5 cm³/mol. The number of nitrogens with zero attached hydrogens (tertiary/aromatic N) is 1. The standard InChI is InChI=1S/C18H17N3O2/c1-12-15-10-14(8-9-17(15)21-20-12)16(11-18(22)23-19-2)13-6-4-3-5-7-13/h3-11,19H,1-2H3,(H,20,21)/b16-11-. The second-order valence-corrected chi connectivity index (χ2v) is 5.12. The van der Waals surface area contributed by atoms with E-state index in [0.29, 0.717) is 0 Å². The first-order chi connectivity index (χ1) is 11.2. The molecule has 0 spiro atoms. The van der Waals surface area contributed by atoms with Gasteiger partial charge in [0.25, 0.3) is 0 Å². The smallest absolute Gasteiger partial charge is 0.350 e. The first-order valence-corrected chi connectivity index (χ1v) is 7.29. The van der Waals surface area contributed by atoms with E-state index in [-0.39, 0.29) is 0 Å². The zero-order valence-electron chi connectivity index (χ0n) is 13.0. The molecule has 5 heteroatoms. The van der Waals surface area contributed by atoms with Crippen LogP contribution in [0.3, 0.4) is 0 Å². The summed E-state index contributed by atoms with van der Waals surface area (Å²) >= 11 is 0. The van der Waals surface area contributed by atoms with Gasteiger partial charge in [0.1, 0.15) is 0 Å². The van der Waals surface area contributed by atoms with Crippen molar-refractivity contribution in [2.75, 3.05) is 7.05 Å². The van der Waals surface area contributed by atoms with Crippen molar-refractivity contribution in [2.24, 2.45) is 0 Å². The largest absolute Gasteiger partial charge is 0.367 e. The molecule has 3 rings (SSSR count). The molecule has 5 nitrogen and oxygen atoms in total. The molecule has 116 valence electrons. The summed E-state index contributed by atoms with van der Waals surface area (Å²) in [6.45, 7) is 1.95. The summed E-state index contributed by atoms with van der Waals surface area (Å²) in [6.07, 6.45) is 1.49. The number of H-pyrrole nitrogens is 1. The number of hydrogen-bond acceptors (Lipinski definition) is 4. The van der Waals surface area contributed by atoms with Crippen LogP contribution in [0, 0.1) is 6.92 Å². The Hall–Kier alpha value is -2.92. The van der Waals surface area contributed by atoms with E-state index in [1.807, 2.05) is 55.5 Å². The maximum absolute atomic E-state index is 11.9. The van der Waals surface area contributed by atoms with Crippen molar-refractivity contribution in [1.82, 2.24) is 15.7 Å². The van der Waals surface area contributed by atoms with Crippen LogP contribution in [0.4, 0.5) is 0 Å². The molecule has 3 aromatic rings. The molecule has 2 aromatic carbocycles. The maximum Gasteiger partial charge on any atom is 0.350 e. The van der Waals surface area contributed by atoms with Crippen LogP contribution in [0.1, 0.15) is 16.8 Å². The molecular formula is C18H17N3O2. The van der Waals surface area contributed by atoms with Crippen LogP contribution >= 0.6 is 0 Å². The predicted octanol–water partition coefficient (Wildman–Crippen LogP) is 2.98. The number of nitrogens with one attached hydrogen (secondary N) is 2. The molecule has 1 aromatic heterocycles. The van der Waals surface area contributed by atoms with E-state index in [2.05, 4.69) is 15.7 Å². The molecule has 2 N–H and O–H groups in total. The molecule has 0 fully saturated rings. The van der Waals surface area contributed by atoms with Crippen molar-refractivity contribution in [2.45, 2.75) is 6.92 Å². The molecule has 0 aliphatic carbocycles. The van der Waals surface area contributed by atoms with E-state index in [9.17, 15) is 4.79 Å². The molecule has 0 unspecified atom stereocenters. The highest BCUT2D eigenvalue weighted by Gasteiger charge is 2.11. The van der Waals surface area contributed by atoms with Gasteiger partial charge < -0.3 is 4.84 Å². The number of aromatic nitrogens is 2. The lowest BCUT2D eigenvalue weighted by Crippen LogP contribution is -2.13. The monoisotopic (exact) mass is 307 g/mol. The summed E-state index contributed by atoms with van der Waals surface area (Å²) < 4.78 is 0. The molecule has 0 aliphatic rings. The molecule has 0 aliphatic heterocycles. The zero-order valence-corrected chi connectivity index (χ0v) is 13.0. The van der Waals surface area contributed by atoms with Crippen molar-refractivity contribution in [3.63, 3.8) is 0 Å². The van der Waals surface area contributed by atoms with Gasteiger partial charge in [0.2, 0.25) is 0 Å². The minimum absolute atomic E-state index is 0.449. The van der Waals surface area contributed by atoms with Crippen LogP contribution in [0.25, 0.3) is 16.5 Å². The molecule has 23 heavy (non-hydrogen) atoms. The number of hydrogen-bond donors (Lipinski definition) is 2. The number of carbonyl (C=O) groups excluding carboxylic acids is 1. The molecule has 0 bridgehead atoms. The zero-order chi connectivity index (χ0) is 16.2. The van der Waals surface area contributed by atoms with E-state index < -0.39 is 5.97 Å². The van der Waals surface area contributed by atoms with Gasteiger partial charge in [0.15, 0.2) is 0 Å². The second kappa shape index (κ2) is 6.46. The van der Waals surface area contributed by atoms with E-state index >= 15 is 0 Å². The average Bonchev–Trinajstić information content (AvgIpc) is 2.94. The number of rotatable bonds is 4. The Balaban J connectivity index is 2.13. The fraction of sp³-hybridized carbons (Fsp3) is 0.111. The Labute approximate surface area is 133 Å². The van der Waals surface area contributed by atoms with Crippen LogP contribution in [0.15, 0.2) is 54.6 Å². The third-order valence-corrected chi connectivity index (χ3v) is 3.61. The number of benzene rings is 2. The highest BCUT2D eigenvalue weighted by Crippen LogP contribution is 2.27. The summed E-state index contributed by atoms with van der Waals surface area (Å²) in [5.41, 5.74) is 6.97. The van der Waals surface area contributed by atoms with Crippen molar-refractivity contribution in [3.8, 4) is 0 Å². The minimum Gasteiger partial charge on any atom is -0.367 e. The fourth-order valence-electron chi connectivity index (χ4n) is 2.51. The summed E-state index contributed by atoms with van der Waals surface area (Å²) in [5, 5.41) is 8.23. The van der Waals surface area contributed by atoms with E-state index in [0.717, 1.165) is 33.3 Å². The SMILES string of the molecule is CNOC(=O)/C=C(/c1ccccc1)c1ccc2[nH]nc(C)c2c1. The quantitative estimate of drug-likeness (QED) is 0.574. The summed E-state index contributed by atoms with van der Waals surface area (Å²) in [6, 6.07) is 15.7. The van der Waals surface area contributed by atoms with Gasteiger partial charge in [0.05, 0.1) is 11.2 Å². The Morgan fingerprint density at radius 2 is 1.96 bits per heavy atom. The molecule has 0 radical (unpaired) electrons. The summed E-state index contributed by atoms with van der Waals surface area (Å²) in [4.78, 5) is 16.7. The van der Waals surface area contributed by atoms with Crippen molar-refractivity contribution >= 4 is 22.4 Å². The first-order valence-electron chi connectivity index (χ1n) is 7.29. The van der Waals surface area contributed by atoms with Gasteiger partial charge in [-0.2, -0.15) is 10.6 Å². The van der Waals surface area contributed by atoms with Crippen LogP contribution in [0.2, 0.25) is 0 Å². The van der Waals surface area contributed by atoms with Gasteiger partial charge in [-0.25, -0.2) is 4.79 Å². The van der Waals surface area contributed by atoms with Crippen LogP contribution in [-0.4, -0.2) is 23.2 Å². The third kappa shape index (κ3) is 3.14. The summed E-state index contributed by atoms with van der Waals surface area (Å²) in [5.74, 6) is -0.449. The Bertz CT molecular complexity index is 866. The molecule has 0 saturated heterocycles. The number of carbonyl (C=O) groups is 1. The number of fused-ring (bicyclic) bond motifs is 1. The van der Waals surface area contributed by atoms with E-state index in [4.69, 9.17) is 4.84 Å². The van der Waals surface area contributed by atoms with Crippen molar-refractivity contribution in [3.05, 3.63) is 71.4 Å². The van der Waals surface area contributed by atoms with Gasteiger partial charge in [0, 0.05) is 18.5 Å². The molecule has 0 amide bonds. The van der Waals surface area contributed by atoms with Crippen LogP contribution in [-0.2, 0) is 9.63 Å². The molecule has 0 atom stereocenters. The van der Waals surface area contributed by atoms with Crippen molar-refractivity contribution in [1.29, 1.82) is 0 Å². The highest BCUT2D eigenvalue weighted by molar-refractivity contribution is 5.98. The lowest BCUT2D eigenvalue weighted by molar-refractivity contribution is -0.143. The Kier molecular flexibility index (Phi) is 4.21. The summed E-state index contributed by atoms with van der Waals surface area (Å²) in [7, 11) is 1.55. The highest BCUT2D eigenvalue weighted by atomic mass is 16.7. The topological polar surface area (TPSA) is 67.0 Å². The van der Waals surface area contributed by atoms with E-state index in [1.54, 1.807) is 7.05 Å². The Morgan fingerprint density at radius 1 is 1.17 bits per heavy atom. The van der Waals surface area contributed by atoms with Crippen LogP contribution in [0.5, 0.6) is 0 Å². The van der Waals surface area contributed by atoms with Gasteiger partial charge >= 0.3 is 5.97 Å². The van der Waals surface area contributed by atoms with Gasteiger partial charge in [-0.15, -0.1) is 0 Å². The van der Waals surface area contributed by atoms with Crippen molar-refractivity contribution < 1.29 is 9.63 Å². The Morgan fingerprint density at radius 3 is 2.70 bits per heavy atom. The maximum atomic E-state index is 11.9. The first kappa shape index (κ1) is 15.0. The van der Waals surface area contributed by atoms with Gasteiger partial charge in [-0.3, -0.25) is 5.10 Å². The fourth-order valence-corrected chi connectivity index (χ4v) is 2.51. The lowest BCUT2D eigenvalue weighted by Gasteiger charge is -2.09. The minimum atomic E-state index is -0.449. The number of aryl methyl sites for hydroxylation is 1. The second-order valence-electron chi connectivity index (χ2n) is 5.12. The molecule has 1 heterocycles. The van der Waals surface area contributed by atoms with E-state index in [1.165, 1.54) is 6.08 Å². The third-order valence-electron chi connectivity index (χ3n) is 3.61. The normalized spacial score (nSPS) is 11.7. The lowest BCUT2D eigenvalue weighted by atomic mass is 9.96. The molecule has 0 saturated carbocycles. The number of hydroxylamine groups is 1. The number of aromatic amines is 1. The van der Waals surface area contributed by atoms with Crippen LogP contribution < -0.4 is 5.48 Å². The van der Waals surface area contributed by atoms with Gasteiger partial charge in [-0.05, 0) is 35.8 Å². The van der Waals surface area contributed by atoms with Gasteiger partial charge in [-0.1, -0.05) is 36.4 Å². The molecular weight excluding hydrogens is 290 g/mol.